The molecule has 24 heavy (non-hydrogen) atoms. The predicted molar refractivity (Wildman–Crippen MR) is 91.0 cm³/mol. The highest BCUT2D eigenvalue weighted by Crippen LogP contribution is 2.38. The van der Waals surface area contributed by atoms with E-state index in [0.717, 1.165) is 6.42 Å². The summed E-state index contributed by atoms with van der Waals surface area (Å²) in [5.74, 6) is -0.931. The second-order valence-corrected chi connectivity index (χ2v) is 5.88. The van der Waals surface area contributed by atoms with Crippen molar-refractivity contribution in [3.8, 4) is 11.5 Å². The lowest BCUT2D eigenvalue weighted by atomic mass is 9.79. The monoisotopic (exact) mass is 322 g/mol. The zero-order chi connectivity index (χ0) is 17.4. The zero-order valence-corrected chi connectivity index (χ0v) is 13.4. The van der Waals surface area contributed by atoms with Crippen molar-refractivity contribution in [3.05, 3.63) is 70.3 Å². The smallest absolute Gasteiger partial charge is 0.198 e. The summed E-state index contributed by atoms with van der Waals surface area (Å²) in [6, 6.07) is 6.17. The molecule has 0 unspecified atom stereocenters. The number of benzene rings is 2. The molecule has 1 aliphatic carbocycles. The van der Waals surface area contributed by atoms with Crippen LogP contribution in [0, 0.1) is 0 Å². The predicted octanol–water partition coefficient (Wildman–Crippen LogP) is 3.55. The van der Waals surface area contributed by atoms with Crippen LogP contribution in [-0.4, -0.2) is 21.8 Å². The third kappa shape index (κ3) is 2.22. The second-order valence-electron chi connectivity index (χ2n) is 5.88. The van der Waals surface area contributed by atoms with Gasteiger partial charge < -0.3 is 10.2 Å². The maximum Gasteiger partial charge on any atom is 0.198 e. The van der Waals surface area contributed by atoms with Crippen molar-refractivity contribution in [2.24, 2.45) is 0 Å². The third-order valence-electron chi connectivity index (χ3n) is 4.36. The Morgan fingerprint density at radius 3 is 2.33 bits per heavy atom. The molecule has 0 bridgehead atoms. The Labute approximate surface area is 140 Å². The summed E-state index contributed by atoms with van der Waals surface area (Å²) in [5.41, 5.74) is 1.67. The van der Waals surface area contributed by atoms with Crippen LogP contribution in [0.5, 0.6) is 11.5 Å². The number of aryl methyl sites for hydroxylation is 1. The topological polar surface area (TPSA) is 74.6 Å². The average molecular weight is 322 g/mol. The van der Waals surface area contributed by atoms with Crippen LogP contribution in [0.15, 0.2) is 36.9 Å². The highest BCUT2D eigenvalue weighted by Gasteiger charge is 2.35. The summed E-state index contributed by atoms with van der Waals surface area (Å²) in [6.07, 6.45) is 3.26. The summed E-state index contributed by atoms with van der Waals surface area (Å²) >= 11 is 0. The summed E-state index contributed by atoms with van der Waals surface area (Å²) in [6.45, 7) is 5.61. The first-order valence-corrected chi connectivity index (χ1v) is 7.91. The zero-order valence-electron chi connectivity index (χ0n) is 13.4. The molecule has 0 fully saturated rings. The molecule has 122 valence electrons. The first-order valence-electron chi connectivity index (χ1n) is 7.91. The molecule has 0 aliphatic heterocycles. The largest absolute Gasteiger partial charge is 0.508 e. The van der Waals surface area contributed by atoms with Gasteiger partial charge in [0, 0.05) is 22.3 Å². The first-order chi connectivity index (χ1) is 11.5. The maximum atomic E-state index is 13.0. The molecule has 0 amide bonds. The Kier molecular flexibility index (Phi) is 3.97. The molecule has 0 aromatic heterocycles. The molecule has 2 aromatic carbocycles. The SMILES string of the molecule is C=CCc1c(O)ccc2c1C(=O)c1c(ccc(CCC)c1O)C2=O. The molecule has 1 aliphatic rings. The number of hydrogen-bond donors (Lipinski definition) is 2. The van der Waals surface area contributed by atoms with Gasteiger partial charge in [0.1, 0.15) is 11.5 Å². The first kappa shape index (κ1) is 16.0. The summed E-state index contributed by atoms with van der Waals surface area (Å²) in [5, 5.41) is 20.6. The van der Waals surface area contributed by atoms with Crippen molar-refractivity contribution >= 4 is 11.6 Å². The van der Waals surface area contributed by atoms with Crippen molar-refractivity contribution in [2.75, 3.05) is 0 Å². The third-order valence-corrected chi connectivity index (χ3v) is 4.36. The normalized spacial score (nSPS) is 12.7. The Balaban J connectivity index is 2.29. The lowest BCUT2D eigenvalue weighted by Crippen LogP contribution is -2.23. The molecule has 2 N–H and O–H groups in total. The molecule has 0 atom stereocenters. The average Bonchev–Trinajstić information content (AvgIpc) is 2.56. The fraction of sp³-hybridized carbons (Fsp3) is 0.200. The van der Waals surface area contributed by atoms with Gasteiger partial charge in [-0.25, -0.2) is 0 Å². The van der Waals surface area contributed by atoms with Gasteiger partial charge in [-0.15, -0.1) is 6.58 Å². The van der Waals surface area contributed by atoms with Crippen LogP contribution >= 0.6 is 0 Å². The molecule has 4 heteroatoms. The van der Waals surface area contributed by atoms with E-state index >= 15 is 0 Å². The number of hydrogen-bond acceptors (Lipinski definition) is 4. The second kappa shape index (κ2) is 5.96. The van der Waals surface area contributed by atoms with Gasteiger partial charge in [0.15, 0.2) is 11.6 Å². The van der Waals surface area contributed by atoms with Crippen LogP contribution in [0.3, 0.4) is 0 Å². The van der Waals surface area contributed by atoms with Crippen molar-refractivity contribution in [2.45, 2.75) is 26.2 Å². The minimum atomic E-state index is -0.428. The summed E-state index contributed by atoms with van der Waals surface area (Å²) < 4.78 is 0. The Morgan fingerprint density at radius 2 is 1.67 bits per heavy atom. The number of rotatable bonds is 4. The van der Waals surface area contributed by atoms with E-state index < -0.39 is 5.78 Å². The molecule has 3 rings (SSSR count). The highest BCUT2D eigenvalue weighted by atomic mass is 16.3. The van der Waals surface area contributed by atoms with E-state index in [0.29, 0.717) is 17.5 Å². The van der Waals surface area contributed by atoms with Gasteiger partial charge in [0.2, 0.25) is 0 Å². The van der Waals surface area contributed by atoms with Gasteiger partial charge in [-0.2, -0.15) is 0 Å². The van der Waals surface area contributed by atoms with E-state index in [4.69, 9.17) is 0 Å². The number of ketones is 2. The van der Waals surface area contributed by atoms with Crippen molar-refractivity contribution in [1.29, 1.82) is 0 Å². The van der Waals surface area contributed by atoms with Crippen molar-refractivity contribution in [3.63, 3.8) is 0 Å². The van der Waals surface area contributed by atoms with Crippen LogP contribution in [0.2, 0.25) is 0 Å². The van der Waals surface area contributed by atoms with Gasteiger partial charge in [0.25, 0.3) is 0 Å². The van der Waals surface area contributed by atoms with E-state index in [1.54, 1.807) is 18.2 Å². The standard InChI is InChI=1S/C20H18O4/c1-3-5-11-7-8-14-17(18(11)22)20(24)16-12(6-4-2)15(21)10-9-13(16)19(14)23/h4,7-10,21-22H,2-3,5-6H2,1H3. The summed E-state index contributed by atoms with van der Waals surface area (Å²) in [4.78, 5) is 25.8. The molecule has 0 spiro atoms. The van der Waals surface area contributed by atoms with E-state index in [-0.39, 0.29) is 46.0 Å². The van der Waals surface area contributed by atoms with Gasteiger partial charge in [-0.3, -0.25) is 9.59 Å². The van der Waals surface area contributed by atoms with Crippen LogP contribution in [-0.2, 0) is 12.8 Å². The van der Waals surface area contributed by atoms with Gasteiger partial charge in [0.05, 0.1) is 5.56 Å². The minimum Gasteiger partial charge on any atom is -0.508 e. The number of carbonyl (C=O) groups is 2. The van der Waals surface area contributed by atoms with Gasteiger partial charge >= 0.3 is 0 Å². The minimum absolute atomic E-state index is 0.0364. The molecule has 0 radical (unpaired) electrons. The van der Waals surface area contributed by atoms with Crippen molar-refractivity contribution < 1.29 is 19.8 Å². The number of phenols is 2. The molecular formula is C20H18O4. The van der Waals surface area contributed by atoms with Crippen LogP contribution in [0.4, 0.5) is 0 Å². The highest BCUT2D eigenvalue weighted by molar-refractivity contribution is 6.30. The Bertz CT molecular complexity index is 878. The molecular weight excluding hydrogens is 304 g/mol. The number of phenolic OH excluding ortho intramolecular Hbond substituents is 2. The fourth-order valence-corrected chi connectivity index (χ4v) is 3.23. The van der Waals surface area contributed by atoms with Crippen molar-refractivity contribution in [1.82, 2.24) is 0 Å². The van der Waals surface area contributed by atoms with Gasteiger partial charge in [-0.1, -0.05) is 25.5 Å². The number of fused-ring (bicyclic) bond motifs is 2. The quantitative estimate of drug-likeness (QED) is 0.720. The van der Waals surface area contributed by atoms with E-state index in [1.807, 2.05) is 6.92 Å². The molecule has 4 nitrogen and oxygen atoms in total. The lowest BCUT2D eigenvalue weighted by Gasteiger charge is -2.22. The number of aromatic hydroxyl groups is 2. The van der Waals surface area contributed by atoms with E-state index in [9.17, 15) is 19.8 Å². The van der Waals surface area contributed by atoms with Crippen LogP contribution in [0.25, 0.3) is 0 Å². The molecule has 0 saturated heterocycles. The lowest BCUT2D eigenvalue weighted by molar-refractivity contribution is 0.0975. The Morgan fingerprint density at radius 1 is 1.00 bits per heavy atom. The summed E-state index contributed by atoms with van der Waals surface area (Å²) in [7, 11) is 0. The fourth-order valence-electron chi connectivity index (χ4n) is 3.23. The van der Waals surface area contributed by atoms with Gasteiger partial charge in [-0.05, 0) is 36.6 Å². The Hall–Kier alpha value is -2.88. The van der Waals surface area contributed by atoms with Crippen LogP contribution in [0.1, 0.15) is 56.3 Å². The molecule has 0 heterocycles. The molecule has 2 aromatic rings. The molecule has 0 saturated carbocycles. The van der Waals surface area contributed by atoms with E-state index in [1.165, 1.54) is 12.1 Å². The number of allylic oxidation sites excluding steroid dienone is 1. The number of carbonyl (C=O) groups excluding carboxylic acids is 2. The van der Waals surface area contributed by atoms with E-state index in [2.05, 4.69) is 6.58 Å². The maximum absolute atomic E-state index is 13.0. The van der Waals surface area contributed by atoms with Crippen LogP contribution < -0.4 is 0 Å².